The lowest BCUT2D eigenvalue weighted by Gasteiger charge is -2.28. The molecule has 1 atom stereocenters. The maximum atomic E-state index is 12.5. The van der Waals surface area contributed by atoms with Crippen molar-refractivity contribution in [3.05, 3.63) is 0 Å². The van der Waals surface area contributed by atoms with Crippen LogP contribution in [0.25, 0.3) is 0 Å². The van der Waals surface area contributed by atoms with E-state index in [9.17, 15) is 4.79 Å². The second kappa shape index (κ2) is 10.2. The highest BCUT2D eigenvalue weighted by Crippen LogP contribution is 2.16. The SMILES string of the molecule is CC(C)C[C@H](CN)CC(=O)N(CCN(C)C)CC(C)C. The highest BCUT2D eigenvalue weighted by Gasteiger charge is 2.20. The van der Waals surface area contributed by atoms with Crippen LogP contribution < -0.4 is 5.73 Å². The first-order valence-corrected chi connectivity index (χ1v) is 7.88. The van der Waals surface area contributed by atoms with Gasteiger partial charge in [-0.1, -0.05) is 27.7 Å². The van der Waals surface area contributed by atoms with Gasteiger partial charge in [-0.05, 0) is 44.8 Å². The molecular formula is C16H35N3O. The van der Waals surface area contributed by atoms with E-state index in [-0.39, 0.29) is 5.91 Å². The van der Waals surface area contributed by atoms with Gasteiger partial charge in [-0.25, -0.2) is 0 Å². The molecule has 0 aliphatic carbocycles. The molecule has 0 aromatic heterocycles. The fraction of sp³-hybridized carbons (Fsp3) is 0.938. The van der Waals surface area contributed by atoms with E-state index >= 15 is 0 Å². The van der Waals surface area contributed by atoms with E-state index in [4.69, 9.17) is 5.73 Å². The van der Waals surface area contributed by atoms with Gasteiger partial charge in [0.1, 0.15) is 0 Å². The summed E-state index contributed by atoms with van der Waals surface area (Å²) in [5.41, 5.74) is 5.81. The summed E-state index contributed by atoms with van der Waals surface area (Å²) in [6.45, 7) is 11.8. The second-order valence-electron chi connectivity index (χ2n) is 6.97. The third kappa shape index (κ3) is 9.32. The zero-order valence-electron chi connectivity index (χ0n) is 14.4. The van der Waals surface area contributed by atoms with Crippen LogP contribution in [0.3, 0.4) is 0 Å². The monoisotopic (exact) mass is 285 g/mol. The molecule has 2 N–H and O–H groups in total. The first-order valence-electron chi connectivity index (χ1n) is 7.88. The molecule has 0 aliphatic heterocycles. The molecular weight excluding hydrogens is 250 g/mol. The average molecular weight is 285 g/mol. The van der Waals surface area contributed by atoms with Crippen LogP contribution in [0.2, 0.25) is 0 Å². The number of likely N-dealkylation sites (N-methyl/N-ethyl adjacent to an activating group) is 1. The van der Waals surface area contributed by atoms with E-state index in [0.29, 0.717) is 30.7 Å². The Labute approximate surface area is 125 Å². The summed E-state index contributed by atoms with van der Waals surface area (Å²) < 4.78 is 0. The maximum Gasteiger partial charge on any atom is 0.222 e. The van der Waals surface area contributed by atoms with Gasteiger partial charge >= 0.3 is 0 Å². The Hall–Kier alpha value is -0.610. The molecule has 0 saturated carbocycles. The maximum absolute atomic E-state index is 12.5. The average Bonchev–Trinajstić information content (AvgIpc) is 2.32. The highest BCUT2D eigenvalue weighted by molar-refractivity contribution is 5.76. The third-order valence-electron chi connectivity index (χ3n) is 3.36. The largest absolute Gasteiger partial charge is 0.341 e. The molecule has 4 nitrogen and oxygen atoms in total. The quantitative estimate of drug-likeness (QED) is 0.668. The normalized spacial score (nSPS) is 13.3. The standard InChI is InChI=1S/C16H35N3O/c1-13(2)9-15(11-17)10-16(20)19(12-14(3)4)8-7-18(5)6/h13-15H,7-12,17H2,1-6H3/t15-/m0/s1. The van der Waals surface area contributed by atoms with Crippen molar-refractivity contribution in [3.8, 4) is 0 Å². The van der Waals surface area contributed by atoms with Gasteiger partial charge in [-0.15, -0.1) is 0 Å². The van der Waals surface area contributed by atoms with Gasteiger partial charge in [0.2, 0.25) is 5.91 Å². The Kier molecular flexibility index (Phi) is 9.86. The third-order valence-corrected chi connectivity index (χ3v) is 3.36. The molecule has 0 heterocycles. The molecule has 0 saturated heterocycles. The molecule has 0 radical (unpaired) electrons. The van der Waals surface area contributed by atoms with Gasteiger partial charge < -0.3 is 15.5 Å². The van der Waals surface area contributed by atoms with E-state index in [1.807, 2.05) is 19.0 Å². The predicted molar refractivity (Wildman–Crippen MR) is 86.6 cm³/mol. The molecule has 0 aromatic carbocycles. The Morgan fingerprint density at radius 1 is 1.05 bits per heavy atom. The van der Waals surface area contributed by atoms with Crippen LogP contribution >= 0.6 is 0 Å². The number of nitrogens with two attached hydrogens (primary N) is 1. The van der Waals surface area contributed by atoms with E-state index in [1.165, 1.54) is 0 Å². The van der Waals surface area contributed by atoms with E-state index in [1.54, 1.807) is 0 Å². The lowest BCUT2D eigenvalue weighted by Crippen LogP contribution is -2.40. The van der Waals surface area contributed by atoms with Crippen molar-refractivity contribution in [1.29, 1.82) is 0 Å². The second-order valence-corrected chi connectivity index (χ2v) is 6.97. The van der Waals surface area contributed by atoms with Gasteiger partial charge in [-0.2, -0.15) is 0 Å². The van der Waals surface area contributed by atoms with Crippen LogP contribution in [0.4, 0.5) is 0 Å². The number of rotatable bonds is 10. The molecule has 20 heavy (non-hydrogen) atoms. The highest BCUT2D eigenvalue weighted by atomic mass is 16.2. The van der Waals surface area contributed by atoms with E-state index in [2.05, 4.69) is 32.6 Å². The first-order chi connectivity index (χ1) is 9.26. The van der Waals surface area contributed by atoms with Crippen LogP contribution in [-0.4, -0.2) is 56.0 Å². The topological polar surface area (TPSA) is 49.6 Å². The summed E-state index contributed by atoms with van der Waals surface area (Å²) in [6, 6.07) is 0. The lowest BCUT2D eigenvalue weighted by molar-refractivity contribution is -0.133. The zero-order chi connectivity index (χ0) is 15.7. The Balaban J connectivity index is 4.50. The minimum atomic E-state index is 0.261. The van der Waals surface area contributed by atoms with Crippen molar-refractivity contribution in [2.75, 3.05) is 40.3 Å². The summed E-state index contributed by atoms with van der Waals surface area (Å²) in [7, 11) is 4.08. The molecule has 1 amide bonds. The van der Waals surface area contributed by atoms with Crippen LogP contribution in [0.1, 0.15) is 40.5 Å². The Bertz CT molecular complexity index is 264. The van der Waals surface area contributed by atoms with Crippen molar-refractivity contribution in [3.63, 3.8) is 0 Å². The lowest BCUT2D eigenvalue weighted by atomic mass is 9.93. The van der Waals surface area contributed by atoms with Crippen LogP contribution in [0.5, 0.6) is 0 Å². The molecule has 0 aromatic rings. The zero-order valence-corrected chi connectivity index (χ0v) is 14.4. The van der Waals surface area contributed by atoms with Crippen LogP contribution in [-0.2, 0) is 4.79 Å². The molecule has 0 bridgehead atoms. The van der Waals surface area contributed by atoms with Gasteiger partial charge in [0.05, 0.1) is 0 Å². The van der Waals surface area contributed by atoms with Crippen molar-refractivity contribution in [2.24, 2.45) is 23.5 Å². The molecule has 4 heteroatoms. The molecule has 0 fully saturated rings. The first kappa shape index (κ1) is 19.4. The van der Waals surface area contributed by atoms with E-state index in [0.717, 1.165) is 26.1 Å². The van der Waals surface area contributed by atoms with Gasteiger partial charge in [0.15, 0.2) is 0 Å². The molecule has 0 spiro atoms. The number of carbonyl (C=O) groups is 1. The van der Waals surface area contributed by atoms with Crippen molar-refractivity contribution in [2.45, 2.75) is 40.5 Å². The van der Waals surface area contributed by atoms with Crippen molar-refractivity contribution >= 4 is 5.91 Å². The van der Waals surface area contributed by atoms with Gasteiger partial charge in [0.25, 0.3) is 0 Å². The molecule has 0 aliphatic rings. The summed E-state index contributed by atoms with van der Waals surface area (Å²) >= 11 is 0. The van der Waals surface area contributed by atoms with Crippen molar-refractivity contribution in [1.82, 2.24) is 9.80 Å². The van der Waals surface area contributed by atoms with Gasteiger partial charge in [-0.3, -0.25) is 4.79 Å². The predicted octanol–water partition coefficient (Wildman–Crippen LogP) is 2.04. The smallest absolute Gasteiger partial charge is 0.222 e. The number of hydrogen-bond donors (Lipinski definition) is 1. The minimum absolute atomic E-state index is 0.261. The summed E-state index contributed by atoms with van der Waals surface area (Å²) in [6.07, 6.45) is 1.63. The fourth-order valence-corrected chi connectivity index (χ4v) is 2.38. The minimum Gasteiger partial charge on any atom is -0.341 e. The Morgan fingerprint density at radius 3 is 2.05 bits per heavy atom. The molecule has 120 valence electrons. The Morgan fingerprint density at radius 2 is 1.65 bits per heavy atom. The van der Waals surface area contributed by atoms with Crippen LogP contribution in [0, 0.1) is 17.8 Å². The summed E-state index contributed by atoms with van der Waals surface area (Å²) in [4.78, 5) is 16.6. The summed E-state index contributed by atoms with van der Waals surface area (Å²) in [5, 5.41) is 0. The number of hydrogen-bond acceptors (Lipinski definition) is 3. The number of carbonyl (C=O) groups excluding carboxylic acids is 1. The fourth-order valence-electron chi connectivity index (χ4n) is 2.38. The van der Waals surface area contributed by atoms with Crippen molar-refractivity contribution < 1.29 is 4.79 Å². The van der Waals surface area contributed by atoms with E-state index < -0.39 is 0 Å². The van der Waals surface area contributed by atoms with Gasteiger partial charge in [0, 0.05) is 26.1 Å². The summed E-state index contributed by atoms with van der Waals surface area (Å²) in [5.74, 6) is 1.67. The molecule has 0 rings (SSSR count). The van der Waals surface area contributed by atoms with Crippen LogP contribution in [0.15, 0.2) is 0 Å². The number of nitrogens with zero attached hydrogens (tertiary/aromatic N) is 2. The number of amides is 1. The molecule has 0 unspecified atom stereocenters.